The zero-order valence-electron chi connectivity index (χ0n) is 12.3. The number of methoxy groups -OCH3 is 1. The second kappa shape index (κ2) is 5.79. The molecule has 3 nitrogen and oxygen atoms in total. The normalized spacial score (nSPS) is 16.9. The predicted molar refractivity (Wildman–Crippen MR) is 81.7 cm³/mol. The largest absolute Gasteiger partial charge is 0.494 e. The van der Waals surface area contributed by atoms with Crippen LogP contribution in [0.3, 0.4) is 0 Å². The quantitative estimate of drug-likeness (QED) is 0.931. The van der Waals surface area contributed by atoms with Crippen LogP contribution >= 0.6 is 0 Å². The molecule has 0 saturated heterocycles. The van der Waals surface area contributed by atoms with Crippen LogP contribution < -0.4 is 4.74 Å². The fraction of sp³-hybridized carbons (Fsp3) is 0.278. The molecule has 1 atom stereocenters. The number of carbonyl (C=O) groups is 1. The first kappa shape index (κ1) is 14.6. The molecule has 4 heteroatoms. The third-order valence-corrected chi connectivity index (χ3v) is 4.24. The number of aryl methyl sites for hydroxylation is 1. The highest BCUT2D eigenvalue weighted by atomic mass is 19.1. The number of carboxylic acid groups (broad SMARTS) is 1. The molecular formula is C18H17FO3. The van der Waals surface area contributed by atoms with Gasteiger partial charge in [-0.2, -0.15) is 0 Å². The molecule has 1 aliphatic carbocycles. The first-order valence-electron chi connectivity index (χ1n) is 7.29. The van der Waals surface area contributed by atoms with Crippen LogP contribution in [0.1, 0.15) is 29.9 Å². The van der Waals surface area contributed by atoms with Gasteiger partial charge < -0.3 is 9.84 Å². The molecule has 0 amide bonds. The van der Waals surface area contributed by atoms with Crippen molar-refractivity contribution < 1.29 is 19.0 Å². The van der Waals surface area contributed by atoms with Crippen LogP contribution in [-0.4, -0.2) is 18.2 Å². The Balaban J connectivity index is 2.04. The van der Waals surface area contributed by atoms with Crippen LogP contribution in [0.25, 0.3) is 11.1 Å². The number of aliphatic carboxylic acids is 1. The minimum absolute atomic E-state index is 0.199. The van der Waals surface area contributed by atoms with Crippen LogP contribution in [0.5, 0.6) is 5.75 Å². The van der Waals surface area contributed by atoms with Crippen molar-refractivity contribution in [3.8, 4) is 16.9 Å². The van der Waals surface area contributed by atoms with E-state index in [1.807, 2.05) is 18.2 Å². The highest BCUT2D eigenvalue weighted by Crippen LogP contribution is 2.35. The van der Waals surface area contributed by atoms with Crippen molar-refractivity contribution >= 4 is 5.97 Å². The molecule has 2 aromatic carbocycles. The molecule has 2 aromatic rings. The molecule has 1 N–H and O–H groups in total. The van der Waals surface area contributed by atoms with Crippen LogP contribution in [0, 0.1) is 5.82 Å². The molecule has 0 spiro atoms. The summed E-state index contributed by atoms with van der Waals surface area (Å²) in [5.74, 6) is -1.48. The Kier molecular flexibility index (Phi) is 3.84. The summed E-state index contributed by atoms with van der Waals surface area (Å²) in [5, 5.41) is 9.38. The number of ether oxygens (including phenoxy) is 1. The molecule has 1 aliphatic rings. The number of fused-ring (bicyclic) bond motifs is 1. The summed E-state index contributed by atoms with van der Waals surface area (Å²) >= 11 is 0. The van der Waals surface area contributed by atoms with Crippen molar-refractivity contribution in [1.82, 2.24) is 0 Å². The van der Waals surface area contributed by atoms with Crippen LogP contribution in [0.4, 0.5) is 4.39 Å². The molecule has 22 heavy (non-hydrogen) atoms. The Morgan fingerprint density at radius 2 is 1.95 bits per heavy atom. The molecule has 0 radical (unpaired) electrons. The maximum absolute atomic E-state index is 13.9. The van der Waals surface area contributed by atoms with E-state index in [2.05, 4.69) is 0 Å². The summed E-state index contributed by atoms with van der Waals surface area (Å²) in [5.41, 5.74) is 3.48. The Labute approximate surface area is 128 Å². The van der Waals surface area contributed by atoms with E-state index < -0.39 is 17.7 Å². The van der Waals surface area contributed by atoms with Gasteiger partial charge in [-0.1, -0.05) is 24.3 Å². The number of hydrogen-bond acceptors (Lipinski definition) is 2. The first-order valence-corrected chi connectivity index (χ1v) is 7.29. The molecule has 0 aromatic heterocycles. The van der Waals surface area contributed by atoms with Crippen molar-refractivity contribution in [3.05, 3.63) is 53.3 Å². The van der Waals surface area contributed by atoms with E-state index in [4.69, 9.17) is 4.74 Å². The topological polar surface area (TPSA) is 46.5 Å². The zero-order chi connectivity index (χ0) is 15.7. The molecule has 1 unspecified atom stereocenters. The predicted octanol–water partition coefficient (Wildman–Crippen LogP) is 4.01. The summed E-state index contributed by atoms with van der Waals surface area (Å²) < 4.78 is 18.8. The van der Waals surface area contributed by atoms with Crippen molar-refractivity contribution in [3.63, 3.8) is 0 Å². The van der Waals surface area contributed by atoms with E-state index in [0.717, 1.165) is 35.1 Å². The van der Waals surface area contributed by atoms with E-state index in [-0.39, 0.29) is 5.75 Å². The van der Waals surface area contributed by atoms with Gasteiger partial charge in [-0.05, 0) is 53.6 Å². The number of rotatable bonds is 3. The highest BCUT2D eigenvalue weighted by molar-refractivity contribution is 5.78. The number of benzene rings is 2. The lowest BCUT2D eigenvalue weighted by atomic mass is 9.81. The highest BCUT2D eigenvalue weighted by Gasteiger charge is 2.26. The average molecular weight is 300 g/mol. The summed E-state index contributed by atoms with van der Waals surface area (Å²) in [4.78, 5) is 11.4. The second-order valence-corrected chi connectivity index (χ2v) is 5.55. The third-order valence-electron chi connectivity index (χ3n) is 4.24. The molecule has 3 rings (SSSR count). The Hall–Kier alpha value is -2.36. The van der Waals surface area contributed by atoms with Crippen molar-refractivity contribution in [2.24, 2.45) is 0 Å². The van der Waals surface area contributed by atoms with Gasteiger partial charge in [0.25, 0.3) is 0 Å². The molecule has 0 saturated carbocycles. The number of hydrogen-bond donors (Lipinski definition) is 1. The Bertz CT molecular complexity index is 724. The minimum Gasteiger partial charge on any atom is -0.494 e. The monoisotopic (exact) mass is 300 g/mol. The first-order chi connectivity index (χ1) is 10.6. The van der Waals surface area contributed by atoms with E-state index >= 15 is 0 Å². The summed E-state index contributed by atoms with van der Waals surface area (Å²) in [6, 6.07) is 10.5. The zero-order valence-corrected chi connectivity index (χ0v) is 12.3. The molecular weight excluding hydrogens is 283 g/mol. The molecule has 0 aliphatic heterocycles. The smallest absolute Gasteiger partial charge is 0.310 e. The van der Waals surface area contributed by atoms with Gasteiger partial charge in [0.15, 0.2) is 11.6 Å². The lowest BCUT2D eigenvalue weighted by Crippen LogP contribution is -2.17. The number of halogens is 1. The Morgan fingerprint density at radius 3 is 2.64 bits per heavy atom. The van der Waals surface area contributed by atoms with Gasteiger partial charge in [-0.15, -0.1) is 0 Å². The molecule has 0 heterocycles. The lowest BCUT2D eigenvalue weighted by molar-refractivity contribution is -0.139. The maximum atomic E-state index is 13.9. The average Bonchev–Trinajstić information content (AvgIpc) is 2.53. The van der Waals surface area contributed by atoms with Crippen LogP contribution in [0.2, 0.25) is 0 Å². The standard InChI is InChI=1S/C18H17FO3/c1-22-17-8-7-13(10-16(17)19)12-6-5-11-3-2-4-14(18(20)21)15(11)9-12/h5-10,14H,2-4H2,1H3,(H,20,21). The van der Waals surface area contributed by atoms with E-state index in [1.165, 1.54) is 13.2 Å². The SMILES string of the molecule is COc1ccc(-c2ccc3c(c2)C(C(=O)O)CCC3)cc1F. The van der Waals surface area contributed by atoms with Crippen LogP contribution in [-0.2, 0) is 11.2 Å². The maximum Gasteiger partial charge on any atom is 0.310 e. The summed E-state index contributed by atoms with van der Waals surface area (Å²) in [7, 11) is 1.43. The minimum atomic E-state index is -0.793. The molecule has 114 valence electrons. The van der Waals surface area contributed by atoms with Crippen LogP contribution in [0.15, 0.2) is 36.4 Å². The van der Waals surface area contributed by atoms with E-state index in [1.54, 1.807) is 12.1 Å². The molecule has 0 bridgehead atoms. The Morgan fingerprint density at radius 1 is 1.23 bits per heavy atom. The second-order valence-electron chi connectivity index (χ2n) is 5.55. The molecule has 0 fully saturated rings. The fourth-order valence-electron chi connectivity index (χ4n) is 3.08. The van der Waals surface area contributed by atoms with Crippen molar-refractivity contribution in [1.29, 1.82) is 0 Å². The van der Waals surface area contributed by atoms with Gasteiger partial charge >= 0.3 is 5.97 Å². The van der Waals surface area contributed by atoms with E-state index in [0.29, 0.717) is 6.42 Å². The van der Waals surface area contributed by atoms with Gasteiger partial charge in [-0.25, -0.2) is 4.39 Å². The van der Waals surface area contributed by atoms with Gasteiger partial charge in [0, 0.05) is 0 Å². The lowest BCUT2D eigenvalue weighted by Gasteiger charge is -2.23. The van der Waals surface area contributed by atoms with E-state index in [9.17, 15) is 14.3 Å². The number of carboxylic acids is 1. The summed E-state index contributed by atoms with van der Waals surface area (Å²) in [6.45, 7) is 0. The van der Waals surface area contributed by atoms with Gasteiger partial charge in [0.2, 0.25) is 0 Å². The van der Waals surface area contributed by atoms with Gasteiger partial charge in [-0.3, -0.25) is 4.79 Å². The fourth-order valence-corrected chi connectivity index (χ4v) is 3.08. The van der Waals surface area contributed by atoms with Gasteiger partial charge in [0.05, 0.1) is 13.0 Å². The summed E-state index contributed by atoms with van der Waals surface area (Å²) in [6.07, 6.45) is 2.44. The van der Waals surface area contributed by atoms with Crippen molar-refractivity contribution in [2.45, 2.75) is 25.2 Å². The van der Waals surface area contributed by atoms with Crippen molar-refractivity contribution in [2.75, 3.05) is 7.11 Å². The third kappa shape index (κ3) is 2.56. The van der Waals surface area contributed by atoms with Gasteiger partial charge in [0.1, 0.15) is 0 Å².